The molecular weight excluding hydrogens is 381 g/mol. The monoisotopic (exact) mass is 399 g/mol. The molecule has 148 valence electrons. The zero-order valence-electron chi connectivity index (χ0n) is 15.9. The van der Waals surface area contributed by atoms with Crippen LogP contribution in [0.5, 0.6) is 0 Å². The predicted molar refractivity (Wildman–Crippen MR) is 114 cm³/mol. The van der Waals surface area contributed by atoms with Crippen molar-refractivity contribution in [1.29, 1.82) is 0 Å². The van der Waals surface area contributed by atoms with Crippen LogP contribution in [0, 0.1) is 0 Å². The van der Waals surface area contributed by atoms with Gasteiger partial charge in [0.2, 0.25) is 0 Å². The van der Waals surface area contributed by atoms with Crippen LogP contribution in [-0.4, -0.2) is 26.1 Å². The molecule has 2 heterocycles. The van der Waals surface area contributed by atoms with Crippen LogP contribution in [0.25, 0.3) is 33.5 Å². The summed E-state index contributed by atoms with van der Waals surface area (Å²) in [5.41, 5.74) is 5.15. The number of carbonyl (C=O) groups excluding carboxylic acids is 1. The highest BCUT2D eigenvalue weighted by Crippen LogP contribution is 2.26. The van der Waals surface area contributed by atoms with Crippen LogP contribution < -0.4 is 5.32 Å². The molecule has 2 aromatic heterocycles. The molecule has 0 bridgehead atoms. The number of nitrogens with zero attached hydrogens (tertiary/aromatic N) is 2. The van der Waals surface area contributed by atoms with E-state index in [9.17, 15) is 9.18 Å². The van der Waals surface area contributed by atoms with E-state index in [2.05, 4.69) is 25.5 Å². The van der Waals surface area contributed by atoms with E-state index in [1.807, 2.05) is 36.4 Å². The second-order valence-electron chi connectivity index (χ2n) is 7.07. The molecule has 0 radical (unpaired) electrons. The Morgan fingerprint density at radius 1 is 0.967 bits per heavy atom. The average molecular weight is 399 g/mol. The Morgan fingerprint density at radius 2 is 1.83 bits per heavy atom. The Bertz CT molecular complexity index is 1370. The van der Waals surface area contributed by atoms with Gasteiger partial charge in [-0.05, 0) is 35.4 Å². The van der Waals surface area contributed by atoms with Gasteiger partial charge in [-0.15, -0.1) is 0 Å². The van der Waals surface area contributed by atoms with Crippen LogP contribution in [-0.2, 0) is 13.2 Å². The number of hydrogen-bond donors (Lipinski definition) is 3. The number of carbonyl (C=O) groups is 1. The lowest BCUT2D eigenvalue weighted by Crippen LogP contribution is -2.22. The molecule has 0 spiro atoms. The highest BCUT2D eigenvalue weighted by molar-refractivity contribution is 5.98. The number of imidazole rings is 1. The number of hydrogen-bond acceptors (Lipinski definition) is 3. The Morgan fingerprint density at radius 3 is 2.73 bits per heavy atom. The van der Waals surface area contributed by atoms with E-state index >= 15 is 0 Å². The van der Waals surface area contributed by atoms with Crippen molar-refractivity contribution in [2.45, 2.75) is 13.2 Å². The first-order valence-electron chi connectivity index (χ1n) is 9.56. The molecular formula is C23H18FN5O. The molecule has 7 heteroatoms. The van der Waals surface area contributed by atoms with Gasteiger partial charge in [0.1, 0.15) is 12.4 Å². The molecule has 0 unspecified atom stereocenters. The van der Waals surface area contributed by atoms with Crippen molar-refractivity contribution in [1.82, 2.24) is 25.5 Å². The number of amides is 1. The molecule has 0 aliphatic carbocycles. The molecule has 0 aliphatic rings. The topological polar surface area (TPSA) is 86.5 Å². The van der Waals surface area contributed by atoms with Gasteiger partial charge in [0.05, 0.1) is 16.6 Å². The van der Waals surface area contributed by atoms with Gasteiger partial charge >= 0.3 is 0 Å². The van der Waals surface area contributed by atoms with Crippen molar-refractivity contribution >= 4 is 27.8 Å². The zero-order chi connectivity index (χ0) is 20.5. The number of H-pyrrole nitrogens is 2. The summed E-state index contributed by atoms with van der Waals surface area (Å²) in [5, 5.41) is 11.2. The van der Waals surface area contributed by atoms with Crippen molar-refractivity contribution in [3.05, 3.63) is 83.4 Å². The molecule has 0 saturated carbocycles. The largest absolute Gasteiger partial charge is 0.348 e. The maximum absolute atomic E-state index is 12.8. The molecule has 6 nitrogen and oxygen atoms in total. The number of rotatable bonds is 5. The van der Waals surface area contributed by atoms with Gasteiger partial charge < -0.3 is 10.3 Å². The second kappa shape index (κ2) is 7.44. The van der Waals surface area contributed by atoms with E-state index in [1.54, 1.807) is 30.3 Å². The molecule has 5 aromatic rings. The number of nitrogens with one attached hydrogen (secondary N) is 3. The first-order valence-corrected chi connectivity index (χ1v) is 9.56. The molecule has 3 aromatic carbocycles. The van der Waals surface area contributed by atoms with Gasteiger partial charge in [0.25, 0.3) is 5.91 Å². The summed E-state index contributed by atoms with van der Waals surface area (Å²) in [6.45, 7) is -0.190. The summed E-state index contributed by atoms with van der Waals surface area (Å²) in [6, 6.07) is 20.3. The summed E-state index contributed by atoms with van der Waals surface area (Å²) < 4.78 is 12.8. The normalized spacial score (nSPS) is 11.2. The van der Waals surface area contributed by atoms with E-state index in [1.165, 1.54) is 0 Å². The molecule has 30 heavy (non-hydrogen) atoms. The molecule has 3 N–H and O–H groups in total. The van der Waals surface area contributed by atoms with Gasteiger partial charge in [0.15, 0.2) is 5.82 Å². The third-order valence-electron chi connectivity index (χ3n) is 5.04. The fourth-order valence-electron chi connectivity index (χ4n) is 3.51. The van der Waals surface area contributed by atoms with Gasteiger partial charge in [0, 0.05) is 17.5 Å². The highest BCUT2D eigenvalue weighted by Gasteiger charge is 2.14. The molecule has 5 rings (SSSR count). The molecule has 0 saturated heterocycles. The number of fused-ring (bicyclic) bond motifs is 2. The van der Waals surface area contributed by atoms with Gasteiger partial charge in [-0.1, -0.05) is 42.5 Å². The van der Waals surface area contributed by atoms with E-state index in [0.717, 1.165) is 33.2 Å². The summed E-state index contributed by atoms with van der Waals surface area (Å²) in [6.07, 6.45) is 0. The van der Waals surface area contributed by atoms with Gasteiger partial charge in [-0.25, -0.2) is 9.37 Å². The van der Waals surface area contributed by atoms with Crippen molar-refractivity contribution in [3.8, 4) is 11.5 Å². The minimum absolute atomic E-state index is 0.205. The Labute approximate surface area is 171 Å². The van der Waals surface area contributed by atoms with Gasteiger partial charge in [-0.2, -0.15) is 5.10 Å². The van der Waals surface area contributed by atoms with E-state index in [-0.39, 0.29) is 5.91 Å². The quantitative estimate of drug-likeness (QED) is 0.407. The van der Waals surface area contributed by atoms with Crippen molar-refractivity contribution in [2.24, 2.45) is 0 Å². The first kappa shape index (κ1) is 18.1. The van der Waals surface area contributed by atoms with Crippen LogP contribution in [0.15, 0.2) is 66.7 Å². The van der Waals surface area contributed by atoms with Crippen molar-refractivity contribution in [2.75, 3.05) is 0 Å². The summed E-state index contributed by atoms with van der Waals surface area (Å²) >= 11 is 0. The number of para-hydroxylation sites is 1. The van der Waals surface area contributed by atoms with Crippen LogP contribution in [0.3, 0.4) is 0 Å². The second-order valence-corrected chi connectivity index (χ2v) is 7.07. The van der Waals surface area contributed by atoms with Crippen LogP contribution in [0.4, 0.5) is 4.39 Å². The van der Waals surface area contributed by atoms with Gasteiger partial charge in [-0.3, -0.25) is 9.89 Å². The summed E-state index contributed by atoms with van der Waals surface area (Å²) in [7, 11) is 0. The van der Waals surface area contributed by atoms with Crippen LogP contribution in [0.1, 0.15) is 21.5 Å². The van der Waals surface area contributed by atoms with E-state index in [4.69, 9.17) is 0 Å². The van der Waals surface area contributed by atoms with Crippen molar-refractivity contribution in [3.63, 3.8) is 0 Å². The predicted octanol–water partition coefficient (Wildman–Crippen LogP) is 4.51. The maximum Gasteiger partial charge on any atom is 0.251 e. The molecule has 0 aliphatic heterocycles. The average Bonchev–Trinajstić information content (AvgIpc) is 3.40. The number of aromatic nitrogens is 4. The smallest absolute Gasteiger partial charge is 0.251 e. The first-order chi connectivity index (χ1) is 14.7. The maximum atomic E-state index is 12.8. The minimum atomic E-state index is -0.522. The molecule has 1 amide bonds. The number of benzene rings is 3. The number of aromatic amines is 2. The third-order valence-corrected chi connectivity index (χ3v) is 5.04. The Hall–Kier alpha value is -4.00. The fraction of sp³-hybridized carbons (Fsp3) is 0.0870. The SMILES string of the molecule is O=C(NCc1cccc(CF)c1)c1ccc2nc(-c3n[nH]c4ccccc34)[nH]c2c1. The Kier molecular flexibility index (Phi) is 4.48. The standard InChI is InChI=1S/C23H18FN5O/c24-12-14-4-3-5-15(10-14)13-25-23(30)16-8-9-19-20(11-16)27-22(26-19)21-17-6-1-2-7-18(17)28-29-21/h1-11H,12-13H2,(H,25,30)(H,26,27)(H,28,29). The minimum Gasteiger partial charge on any atom is -0.348 e. The third kappa shape index (κ3) is 3.30. The van der Waals surface area contributed by atoms with E-state index in [0.29, 0.717) is 23.5 Å². The number of halogens is 1. The lowest BCUT2D eigenvalue weighted by atomic mass is 10.1. The zero-order valence-corrected chi connectivity index (χ0v) is 15.9. The highest BCUT2D eigenvalue weighted by atomic mass is 19.1. The van der Waals surface area contributed by atoms with Crippen LogP contribution in [0.2, 0.25) is 0 Å². The Balaban J connectivity index is 1.39. The summed E-state index contributed by atoms with van der Waals surface area (Å²) in [4.78, 5) is 20.5. The van der Waals surface area contributed by atoms with Crippen LogP contribution >= 0.6 is 0 Å². The number of alkyl halides is 1. The fourth-order valence-corrected chi connectivity index (χ4v) is 3.51. The van der Waals surface area contributed by atoms with E-state index < -0.39 is 6.67 Å². The lowest BCUT2D eigenvalue weighted by Gasteiger charge is -2.06. The molecule has 0 atom stereocenters. The van der Waals surface area contributed by atoms with Crippen molar-refractivity contribution < 1.29 is 9.18 Å². The summed E-state index contributed by atoms with van der Waals surface area (Å²) in [5.74, 6) is 0.437. The lowest BCUT2D eigenvalue weighted by molar-refractivity contribution is 0.0951. The molecule has 0 fully saturated rings.